The van der Waals surface area contributed by atoms with Gasteiger partial charge in [0.15, 0.2) is 6.61 Å². The SMILES string of the molecule is O=C(COc1ccc(Cl)cc1Cl)OCCOCCS(=O)(=O)O. The summed E-state index contributed by atoms with van der Waals surface area (Å²) in [6.07, 6.45) is 0. The zero-order chi connectivity index (χ0) is 16.6. The Morgan fingerprint density at radius 1 is 1.18 bits per heavy atom. The molecule has 1 N–H and O–H groups in total. The summed E-state index contributed by atoms with van der Waals surface area (Å²) in [7, 11) is -4.05. The molecule has 0 fully saturated rings. The quantitative estimate of drug-likeness (QED) is 0.400. The molecule has 0 bridgehead atoms. The average molecular weight is 373 g/mol. The van der Waals surface area contributed by atoms with E-state index in [0.717, 1.165) is 0 Å². The minimum absolute atomic E-state index is 0.00294. The third-order valence-corrected chi connectivity index (χ3v) is 3.43. The second-order valence-electron chi connectivity index (χ2n) is 3.98. The second-order valence-corrected chi connectivity index (χ2v) is 6.40. The molecule has 0 aliphatic rings. The number of hydrogen-bond acceptors (Lipinski definition) is 6. The van der Waals surface area contributed by atoms with E-state index in [9.17, 15) is 13.2 Å². The van der Waals surface area contributed by atoms with Gasteiger partial charge in [-0.2, -0.15) is 8.42 Å². The Morgan fingerprint density at radius 2 is 1.91 bits per heavy atom. The molecule has 0 aliphatic heterocycles. The van der Waals surface area contributed by atoms with E-state index < -0.39 is 21.8 Å². The molecule has 0 amide bonds. The van der Waals surface area contributed by atoms with Gasteiger partial charge in [0.05, 0.1) is 24.0 Å². The predicted molar refractivity (Wildman–Crippen MR) is 80.2 cm³/mol. The van der Waals surface area contributed by atoms with Crippen molar-refractivity contribution in [2.45, 2.75) is 0 Å². The van der Waals surface area contributed by atoms with Crippen LogP contribution in [0.4, 0.5) is 0 Å². The van der Waals surface area contributed by atoms with Gasteiger partial charge in [-0.05, 0) is 18.2 Å². The van der Waals surface area contributed by atoms with Crippen molar-refractivity contribution in [3.05, 3.63) is 28.2 Å². The molecule has 1 aromatic rings. The molecule has 124 valence electrons. The lowest BCUT2D eigenvalue weighted by Crippen LogP contribution is -2.19. The van der Waals surface area contributed by atoms with Gasteiger partial charge < -0.3 is 14.2 Å². The first-order valence-corrected chi connectivity index (χ1v) is 8.41. The third-order valence-electron chi connectivity index (χ3n) is 2.22. The van der Waals surface area contributed by atoms with Crippen LogP contribution in [-0.2, 0) is 24.4 Å². The van der Waals surface area contributed by atoms with E-state index >= 15 is 0 Å². The number of carbonyl (C=O) groups excluding carboxylic acids is 1. The lowest BCUT2D eigenvalue weighted by Gasteiger charge is -2.08. The molecule has 0 aliphatic carbocycles. The fourth-order valence-corrected chi connectivity index (χ4v) is 2.04. The monoisotopic (exact) mass is 372 g/mol. The summed E-state index contributed by atoms with van der Waals surface area (Å²) in [5, 5.41) is 0.718. The Bertz CT molecular complexity index is 603. The van der Waals surface area contributed by atoms with Crippen LogP contribution in [0.25, 0.3) is 0 Å². The van der Waals surface area contributed by atoms with Gasteiger partial charge >= 0.3 is 5.97 Å². The molecule has 10 heteroatoms. The molecule has 1 aromatic carbocycles. The summed E-state index contributed by atoms with van der Waals surface area (Å²) in [5.74, 6) is -0.851. The largest absolute Gasteiger partial charge is 0.480 e. The predicted octanol–water partition coefficient (Wildman–Crippen LogP) is 1.82. The number of ether oxygens (including phenoxy) is 3. The van der Waals surface area contributed by atoms with Crippen molar-refractivity contribution in [1.29, 1.82) is 0 Å². The van der Waals surface area contributed by atoms with Crippen LogP contribution >= 0.6 is 23.2 Å². The van der Waals surface area contributed by atoms with E-state index in [1.807, 2.05) is 0 Å². The van der Waals surface area contributed by atoms with Gasteiger partial charge in [0.25, 0.3) is 10.1 Å². The summed E-state index contributed by atoms with van der Waals surface area (Å²) >= 11 is 11.6. The summed E-state index contributed by atoms with van der Waals surface area (Å²) in [6.45, 7) is -0.593. The smallest absolute Gasteiger partial charge is 0.344 e. The molecule has 0 aromatic heterocycles. The standard InChI is InChI=1S/C12H14Cl2O7S/c13-9-1-2-11(10(14)7-9)21-8-12(15)20-4-3-19-5-6-22(16,17)18/h1-2,7H,3-6,8H2,(H,16,17,18). The maximum absolute atomic E-state index is 11.4. The number of benzene rings is 1. The van der Waals surface area contributed by atoms with Gasteiger partial charge in [0.2, 0.25) is 0 Å². The van der Waals surface area contributed by atoms with Gasteiger partial charge in [-0.3, -0.25) is 4.55 Å². The van der Waals surface area contributed by atoms with Gasteiger partial charge in [0, 0.05) is 5.02 Å². The average Bonchev–Trinajstić information content (AvgIpc) is 2.40. The molecular formula is C12H14Cl2O7S. The molecule has 22 heavy (non-hydrogen) atoms. The molecule has 0 saturated carbocycles. The molecular weight excluding hydrogens is 359 g/mol. The summed E-state index contributed by atoms with van der Waals surface area (Å²) < 4.78 is 44.1. The van der Waals surface area contributed by atoms with Crippen molar-refractivity contribution in [1.82, 2.24) is 0 Å². The van der Waals surface area contributed by atoms with Crippen LogP contribution in [-0.4, -0.2) is 51.1 Å². The number of rotatable bonds is 9. The van der Waals surface area contributed by atoms with Crippen LogP contribution in [0.2, 0.25) is 10.0 Å². The van der Waals surface area contributed by atoms with Crippen LogP contribution < -0.4 is 4.74 Å². The van der Waals surface area contributed by atoms with Crippen LogP contribution in [0.3, 0.4) is 0 Å². The highest BCUT2D eigenvalue weighted by Crippen LogP contribution is 2.27. The first-order valence-electron chi connectivity index (χ1n) is 6.04. The normalized spacial score (nSPS) is 11.2. The highest BCUT2D eigenvalue weighted by atomic mass is 35.5. The fourth-order valence-electron chi connectivity index (χ4n) is 1.25. The van der Waals surface area contributed by atoms with Gasteiger partial charge in [-0.15, -0.1) is 0 Å². The van der Waals surface area contributed by atoms with E-state index in [-0.39, 0.29) is 31.5 Å². The minimum atomic E-state index is -4.05. The molecule has 0 heterocycles. The summed E-state index contributed by atoms with van der Waals surface area (Å²) in [5.41, 5.74) is 0. The first-order chi connectivity index (χ1) is 10.3. The second kappa shape index (κ2) is 9.16. The van der Waals surface area contributed by atoms with Crippen molar-refractivity contribution < 1.29 is 32.0 Å². The topological polar surface area (TPSA) is 99.1 Å². The Balaban J connectivity index is 2.16. The number of esters is 1. The lowest BCUT2D eigenvalue weighted by atomic mass is 10.3. The number of halogens is 2. The maximum Gasteiger partial charge on any atom is 0.344 e. The van der Waals surface area contributed by atoms with Crippen molar-refractivity contribution in [3.8, 4) is 5.75 Å². The Morgan fingerprint density at radius 3 is 2.55 bits per heavy atom. The number of hydrogen-bond donors (Lipinski definition) is 1. The van der Waals surface area contributed by atoms with Gasteiger partial charge in [-0.25, -0.2) is 4.79 Å². The fraction of sp³-hybridized carbons (Fsp3) is 0.417. The summed E-state index contributed by atoms with van der Waals surface area (Å²) in [6, 6.07) is 4.57. The minimum Gasteiger partial charge on any atom is -0.480 e. The van der Waals surface area contributed by atoms with E-state index in [1.54, 1.807) is 6.07 Å². The van der Waals surface area contributed by atoms with E-state index in [4.69, 9.17) is 42.0 Å². The van der Waals surface area contributed by atoms with Crippen LogP contribution in [0.1, 0.15) is 0 Å². The highest BCUT2D eigenvalue weighted by molar-refractivity contribution is 7.85. The Hall–Kier alpha value is -1.06. The van der Waals surface area contributed by atoms with Gasteiger partial charge in [-0.1, -0.05) is 23.2 Å². The highest BCUT2D eigenvalue weighted by Gasteiger charge is 2.08. The Kier molecular flexibility index (Phi) is 7.91. The molecule has 7 nitrogen and oxygen atoms in total. The van der Waals surface area contributed by atoms with Crippen molar-refractivity contribution in [2.24, 2.45) is 0 Å². The zero-order valence-electron chi connectivity index (χ0n) is 11.3. The maximum atomic E-state index is 11.4. The molecule has 0 radical (unpaired) electrons. The van der Waals surface area contributed by atoms with Crippen LogP contribution in [0.15, 0.2) is 18.2 Å². The van der Waals surface area contributed by atoms with E-state index in [2.05, 4.69) is 0 Å². The Labute approximate surface area is 137 Å². The zero-order valence-corrected chi connectivity index (χ0v) is 13.7. The van der Waals surface area contributed by atoms with Gasteiger partial charge in [0.1, 0.15) is 12.4 Å². The van der Waals surface area contributed by atoms with Crippen molar-refractivity contribution in [2.75, 3.05) is 32.2 Å². The molecule has 1 rings (SSSR count). The van der Waals surface area contributed by atoms with E-state index in [1.165, 1.54) is 12.1 Å². The van der Waals surface area contributed by atoms with Crippen molar-refractivity contribution in [3.63, 3.8) is 0 Å². The molecule has 0 unspecified atom stereocenters. The third kappa shape index (κ3) is 8.40. The molecule has 0 atom stereocenters. The number of carbonyl (C=O) groups is 1. The van der Waals surface area contributed by atoms with Crippen molar-refractivity contribution >= 4 is 39.3 Å². The first kappa shape index (κ1) is 19.0. The molecule has 0 spiro atoms. The lowest BCUT2D eigenvalue weighted by molar-refractivity contribution is -0.147. The van der Waals surface area contributed by atoms with Crippen LogP contribution in [0, 0.1) is 0 Å². The molecule has 0 saturated heterocycles. The van der Waals surface area contributed by atoms with E-state index in [0.29, 0.717) is 10.8 Å². The summed E-state index contributed by atoms with van der Waals surface area (Å²) in [4.78, 5) is 11.4. The van der Waals surface area contributed by atoms with Crippen LogP contribution in [0.5, 0.6) is 5.75 Å².